The van der Waals surface area contributed by atoms with Gasteiger partial charge in [-0.25, -0.2) is 27.8 Å². The predicted octanol–water partition coefficient (Wildman–Crippen LogP) is 5.52. The first-order valence-corrected chi connectivity index (χ1v) is 18.8. The quantitative estimate of drug-likeness (QED) is 0.116. The summed E-state index contributed by atoms with van der Waals surface area (Å²) in [6.45, 7) is 3.39. The lowest BCUT2D eigenvalue weighted by atomic mass is 9.99. The van der Waals surface area contributed by atoms with Crippen molar-refractivity contribution in [1.29, 1.82) is 0 Å². The highest BCUT2D eigenvalue weighted by atomic mass is 32.2. The zero-order chi connectivity index (χ0) is 38.2. The van der Waals surface area contributed by atoms with E-state index < -0.39 is 43.3 Å². The van der Waals surface area contributed by atoms with Crippen LogP contribution in [0.5, 0.6) is 11.5 Å². The average molecular weight is 767 g/mol. The number of aryl methyl sites for hydroxylation is 2. The van der Waals surface area contributed by atoms with Gasteiger partial charge in [0.05, 0.1) is 11.4 Å². The van der Waals surface area contributed by atoms with Crippen molar-refractivity contribution < 1.29 is 39.2 Å². The van der Waals surface area contributed by atoms with Gasteiger partial charge in [0.1, 0.15) is 22.7 Å². The zero-order valence-corrected chi connectivity index (χ0v) is 30.2. The van der Waals surface area contributed by atoms with Crippen molar-refractivity contribution in [2.75, 3.05) is 23.5 Å². The van der Waals surface area contributed by atoms with Crippen LogP contribution >= 0.6 is 0 Å². The summed E-state index contributed by atoms with van der Waals surface area (Å²) in [4.78, 5) is 26.2. The molecule has 4 N–H and O–H groups in total. The lowest BCUT2D eigenvalue weighted by molar-refractivity contribution is 0.477. The maximum Gasteiger partial charge on any atom is 0.340 e. The van der Waals surface area contributed by atoms with Crippen LogP contribution in [0.2, 0.25) is 0 Å². The molecule has 0 spiro atoms. The van der Waals surface area contributed by atoms with Crippen LogP contribution in [0.15, 0.2) is 91.2 Å². The van der Waals surface area contributed by atoms with Crippen LogP contribution < -0.4 is 34.9 Å². The Morgan fingerprint density at radius 3 is 1.40 bits per heavy atom. The summed E-state index contributed by atoms with van der Waals surface area (Å²) in [7, 11) is -5.58. The topological polar surface area (TPSA) is 186 Å². The minimum Gasteiger partial charge on any atom is -0.457 e. The number of nitrogens with one attached hydrogen (secondary N) is 4. The van der Waals surface area contributed by atoms with Crippen molar-refractivity contribution in [3.63, 3.8) is 0 Å². The SMILES string of the molecule is CNS(=O)(=O)Nc1cccc(Cc2c(C)c3ccc(Oc4ccc5c(C)c(Cc6cccc(NS(=O)(=O)NC)c6F)c(=O)oc5c4)cc3oc2=O)c1F. The highest BCUT2D eigenvalue weighted by Crippen LogP contribution is 2.32. The van der Waals surface area contributed by atoms with E-state index in [1.165, 1.54) is 62.6 Å². The number of rotatable bonds is 12. The Kier molecular flexibility index (Phi) is 10.1. The number of hydrogen-bond donors (Lipinski definition) is 4. The van der Waals surface area contributed by atoms with E-state index in [-0.39, 0.29) is 57.6 Å². The molecule has 13 nitrogen and oxygen atoms in total. The van der Waals surface area contributed by atoms with E-state index in [2.05, 4.69) is 9.44 Å². The van der Waals surface area contributed by atoms with E-state index >= 15 is 8.78 Å². The van der Waals surface area contributed by atoms with Gasteiger partial charge < -0.3 is 13.6 Å². The minimum atomic E-state index is -3.97. The molecule has 6 aromatic rings. The molecule has 17 heteroatoms. The lowest BCUT2D eigenvalue weighted by Gasteiger charge is -2.13. The van der Waals surface area contributed by atoms with Crippen molar-refractivity contribution in [2.45, 2.75) is 26.7 Å². The van der Waals surface area contributed by atoms with Gasteiger partial charge in [-0.3, -0.25) is 9.44 Å². The summed E-state index contributed by atoms with van der Waals surface area (Å²) in [6.07, 6.45) is -0.321. The van der Waals surface area contributed by atoms with E-state index in [0.717, 1.165) is 0 Å². The Morgan fingerprint density at radius 2 is 1.02 bits per heavy atom. The van der Waals surface area contributed by atoms with E-state index in [1.807, 2.05) is 9.44 Å². The summed E-state index contributed by atoms with van der Waals surface area (Å²) >= 11 is 0. The molecule has 0 bridgehead atoms. The molecule has 0 amide bonds. The first kappa shape index (κ1) is 37.1. The first-order chi connectivity index (χ1) is 25.1. The van der Waals surface area contributed by atoms with Gasteiger partial charge in [0.2, 0.25) is 0 Å². The summed E-state index contributed by atoms with van der Waals surface area (Å²) in [5.74, 6) is -1.07. The van der Waals surface area contributed by atoms with E-state index in [1.54, 1.807) is 38.1 Å². The molecule has 0 saturated heterocycles. The fourth-order valence-corrected chi connectivity index (χ4v) is 6.88. The second-order valence-corrected chi connectivity index (χ2v) is 15.2. The van der Waals surface area contributed by atoms with Gasteiger partial charge >= 0.3 is 11.3 Å². The second kappa shape index (κ2) is 14.4. The molecule has 53 heavy (non-hydrogen) atoms. The average Bonchev–Trinajstić information content (AvgIpc) is 3.11. The van der Waals surface area contributed by atoms with Crippen molar-refractivity contribution in [3.8, 4) is 11.5 Å². The second-order valence-electron chi connectivity index (χ2n) is 11.9. The van der Waals surface area contributed by atoms with Gasteiger partial charge in [-0.15, -0.1) is 0 Å². The van der Waals surface area contributed by atoms with Gasteiger partial charge in [-0.05, 0) is 72.5 Å². The molecule has 0 aliphatic heterocycles. The molecular formula is C36H32F2N4O9S2. The van der Waals surface area contributed by atoms with E-state index in [0.29, 0.717) is 33.4 Å². The number of benzene rings is 4. The number of hydrogen-bond acceptors (Lipinski definition) is 9. The summed E-state index contributed by atoms with van der Waals surface area (Å²) in [6, 6.07) is 18.0. The Balaban J connectivity index is 1.25. The maximum atomic E-state index is 15.2. The Morgan fingerprint density at radius 1 is 0.623 bits per heavy atom. The monoisotopic (exact) mass is 766 g/mol. The summed E-state index contributed by atoms with van der Waals surface area (Å²) in [5, 5.41) is 1.13. The fraction of sp³-hybridized carbons (Fsp3) is 0.167. The maximum absolute atomic E-state index is 15.2. The van der Waals surface area contributed by atoms with Crippen LogP contribution in [0.4, 0.5) is 20.2 Å². The van der Waals surface area contributed by atoms with Crippen LogP contribution in [0.1, 0.15) is 33.4 Å². The largest absolute Gasteiger partial charge is 0.457 e. The number of anilines is 2. The van der Waals surface area contributed by atoms with Crippen molar-refractivity contribution >= 4 is 53.7 Å². The number of fused-ring (bicyclic) bond motifs is 2. The molecule has 0 atom stereocenters. The third kappa shape index (κ3) is 7.78. The van der Waals surface area contributed by atoms with Crippen LogP contribution in [-0.4, -0.2) is 30.9 Å². The van der Waals surface area contributed by atoms with Crippen molar-refractivity contribution in [3.05, 3.63) is 139 Å². The van der Waals surface area contributed by atoms with Gasteiger partial charge in [0.15, 0.2) is 11.6 Å². The number of ether oxygens (including phenoxy) is 1. The molecule has 0 radical (unpaired) electrons. The van der Waals surface area contributed by atoms with Gasteiger partial charge in [0, 0.05) is 61.0 Å². The number of halogens is 2. The highest BCUT2D eigenvalue weighted by Gasteiger charge is 2.20. The molecule has 276 valence electrons. The molecule has 0 unspecified atom stereocenters. The molecule has 0 fully saturated rings. The highest BCUT2D eigenvalue weighted by molar-refractivity contribution is 7.91. The van der Waals surface area contributed by atoms with Crippen molar-refractivity contribution in [1.82, 2.24) is 9.44 Å². The van der Waals surface area contributed by atoms with Gasteiger partial charge in [-0.1, -0.05) is 24.3 Å². The minimum absolute atomic E-state index is 0.0813. The normalized spacial score (nSPS) is 12.0. The summed E-state index contributed by atoms with van der Waals surface area (Å²) < 4.78 is 104. The van der Waals surface area contributed by atoms with Crippen LogP contribution in [-0.2, 0) is 33.3 Å². The summed E-state index contributed by atoms with van der Waals surface area (Å²) in [5.41, 5.74) is 0.0345. The predicted molar refractivity (Wildman–Crippen MR) is 196 cm³/mol. The lowest BCUT2D eigenvalue weighted by Crippen LogP contribution is -2.27. The molecule has 0 aliphatic rings. The Labute approximate surface area is 302 Å². The van der Waals surface area contributed by atoms with Crippen LogP contribution in [0.3, 0.4) is 0 Å². The van der Waals surface area contributed by atoms with Crippen LogP contribution in [0, 0.1) is 25.5 Å². The fourth-order valence-electron chi connectivity index (χ4n) is 5.78. The molecule has 4 aromatic carbocycles. The molecular weight excluding hydrogens is 735 g/mol. The zero-order valence-electron chi connectivity index (χ0n) is 28.6. The van der Waals surface area contributed by atoms with E-state index in [9.17, 15) is 26.4 Å². The van der Waals surface area contributed by atoms with Crippen molar-refractivity contribution in [2.24, 2.45) is 0 Å². The molecule has 0 saturated carbocycles. The third-order valence-electron chi connectivity index (χ3n) is 8.67. The van der Waals surface area contributed by atoms with E-state index in [4.69, 9.17) is 13.6 Å². The molecule has 6 rings (SSSR count). The molecule has 2 heterocycles. The Bertz CT molecular complexity index is 2580. The van der Waals surface area contributed by atoms with Gasteiger partial charge in [0.25, 0.3) is 20.4 Å². The van der Waals surface area contributed by atoms with Gasteiger partial charge in [-0.2, -0.15) is 16.8 Å². The van der Waals surface area contributed by atoms with Crippen LogP contribution in [0.25, 0.3) is 21.9 Å². The Hall–Kier alpha value is -5.62. The third-order valence-corrected chi connectivity index (χ3v) is 10.7. The smallest absolute Gasteiger partial charge is 0.340 e. The standard InChI is InChI=1S/C36H32F2N4O9S2/c1-19-25-13-11-23(17-31(25)50-35(43)27(19)15-21-7-5-9-29(33(21)37)41-52(45,46)39-3)49-24-12-14-26-20(2)28(36(44)51-32(26)18-24)16-22-8-6-10-30(34(22)38)42-53(47,48)40-4/h5-14,17-18,39-42H,15-16H2,1-4H3. The molecule has 2 aromatic heterocycles. The first-order valence-electron chi connectivity index (χ1n) is 15.9. The molecule has 0 aliphatic carbocycles.